The maximum Gasteiger partial charge on any atom is 0.250 e. The number of nitrogens with zero attached hydrogens (tertiary/aromatic N) is 4. The van der Waals surface area contributed by atoms with Crippen molar-refractivity contribution in [2.24, 2.45) is 10.2 Å². The number of hydrogen-bond donors (Lipinski definition) is 2. The van der Waals surface area contributed by atoms with Crippen molar-refractivity contribution >= 4 is 5.91 Å². The molecular formula is C27H32N6O. The zero-order valence-corrected chi connectivity index (χ0v) is 20.4. The van der Waals surface area contributed by atoms with Crippen LogP contribution in [-0.2, 0) is 23.2 Å². The van der Waals surface area contributed by atoms with Gasteiger partial charge in [0, 0.05) is 41.0 Å². The van der Waals surface area contributed by atoms with Crippen LogP contribution in [-0.4, -0.2) is 27.4 Å². The molecule has 34 heavy (non-hydrogen) atoms. The highest BCUT2D eigenvalue weighted by Crippen LogP contribution is 2.53. The molecule has 2 unspecified atom stereocenters. The summed E-state index contributed by atoms with van der Waals surface area (Å²) in [5.41, 5.74) is 7.72. The van der Waals surface area contributed by atoms with Crippen LogP contribution >= 0.6 is 0 Å². The zero-order valence-electron chi connectivity index (χ0n) is 20.4. The molecular weight excluding hydrogens is 424 g/mol. The molecule has 0 radical (unpaired) electrons. The predicted octanol–water partition coefficient (Wildman–Crippen LogP) is 4.76. The molecule has 1 aromatic carbocycles. The minimum atomic E-state index is -0.581. The molecule has 7 heteroatoms. The van der Waals surface area contributed by atoms with Gasteiger partial charge in [-0.1, -0.05) is 25.1 Å². The quantitative estimate of drug-likeness (QED) is 0.699. The lowest BCUT2D eigenvalue weighted by Crippen LogP contribution is -2.58. The Kier molecular flexibility index (Phi) is 4.63. The van der Waals surface area contributed by atoms with E-state index in [4.69, 9.17) is 0 Å². The first-order valence-corrected chi connectivity index (χ1v) is 12.4. The van der Waals surface area contributed by atoms with Crippen LogP contribution in [0.5, 0.6) is 0 Å². The first-order chi connectivity index (χ1) is 16.3. The Labute approximate surface area is 200 Å². The van der Waals surface area contributed by atoms with Crippen molar-refractivity contribution in [3.8, 4) is 11.1 Å². The number of nitrogens with one attached hydrogen (secondary N) is 2. The Bertz CT molecular complexity index is 1300. The summed E-state index contributed by atoms with van der Waals surface area (Å²) in [4.78, 5) is 13.7. The topological polar surface area (TPSA) is 83.7 Å². The van der Waals surface area contributed by atoms with Crippen molar-refractivity contribution in [2.45, 2.75) is 83.5 Å². The molecule has 0 aliphatic carbocycles. The average molecular weight is 457 g/mol. The Morgan fingerprint density at radius 3 is 2.91 bits per heavy atom. The molecule has 176 valence electrons. The molecule has 0 fully saturated rings. The van der Waals surface area contributed by atoms with Gasteiger partial charge in [0.05, 0.1) is 22.9 Å². The normalized spacial score (nSPS) is 27.2. The van der Waals surface area contributed by atoms with Gasteiger partial charge in [-0.15, -0.1) is 0 Å². The summed E-state index contributed by atoms with van der Waals surface area (Å²) >= 11 is 0. The van der Waals surface area contributed by atoms with Gasteiger partial charge >= 0.3 is 0 Å². The van der Waals surface area contributed by atoms with Crippen molar-refractivity contribution in [1.29, 1.82) is 0 Å². The predicted molar refractivity (Wildman–Crippen MR) is 131 cm³/mol. The highest BCUT2D eigenvalue weighted by atomic mass is 16.2. The lowest BCUT2D eigenvalue weighted by atomic mass is 9.61. The molecule has 2 aromatic rings. The van der Waals surface area contributed by atoms with E-state index in [-0.39, 0.29) is 17.6 Å². The summed E-state index contributed by atoms with van der Waals surface area (Å²) in [6.07, 6.45) is 6.72. The minimum Gasteiger partial charge on any atom is -0.362 e. The molecule has 4 aliphatic rings. The van der Waals surface area contributed by atoms with E-state index in [0.717, 1.165) is 59.5 Å². The molecule has 2 atom stereocenters. The number of azo groups is 1. The van der Waals surface area contributed by atoms with Gasteiger partial charge in [-0.2, -0.15) is 15.3 Å². The molecule has 6 rings (SSSR count). The van der Waals surface area contributed by atoms with Crippen molar-refractivity contribution < 1.29 is 4.79 Å². The molecule has 0 bridgehead atoms. The molecule has 5 heterocycles. The summed E-state index contributed by atoms with van der Waals surface area (Å²) in [5.74, 6) is -0.000402. The standard InChI is InChI=1S/C27H32N6O/c1-5-27(18-10-8-9-17(13-18)19-15-28-33-12-7-6-11-21(19)33)22-16(2)31-32-24(22)29-20-14-26(3,4)30-25(34)23(20)27/h8-10,13,15,24,29H,5-7,11-12,14H2,1-4H3,(H,30,34). The van der Waals surface area contributed by atoms with Gasteiger partial charge < -0.3 is 10.6 Å². The van der Waals surface area contributed by atoms with Crippen LogP contribution < -0.4 is 10.6 Å². The van der Waals surface area contributed by atoms with Gasteiger partial charge in [0.15, 0.2) is 6.17 Å². The molecule has 0 saturated heterocycles. The van der Waals surface area contributed by atoms with E-state index >= 15 is 0 Å². The Morgan fingerprint density at radius 2 is 2.09 bits per heavy atom. The number of rotatable bonds is 3. The van der Waals surface area contributed by atoms with E-state index in [0.29, 0.717) is 0 Å². The number of benzene rings is 1. The van der Waals surface area contributed by atoms with E-state index in [2.05, 4.69) is 75.7 Å². The maximum absolute atomic E-state index is 13.7. The fourth-order valence-corrected chi connectivity index (χ4v) is 6.54. The third-order valence-corrected chi connectivity index (χ3v) is 7.96. The molecule has 0 saturated carbocycles. The summed E-state index contributed by atoms with van der Waals surface area (Å²) in [7, 11) is 0. The number of carbonyl (C=O) groups excluding carboxylic acids is 1. The highest BCUT2D eigenvalue weighted by molar-refractivity contribution is 6.00. The first kappa shape index (κ1) is 21.3. The van der Waals surface area contributed by atoms with Crippen LogP contribution in [0.25, 0.3) is 11.1 Å². The Balaban J connectivity index is 1.57. The maximum atomic E-state index is 13.7. The van der Waals surface area contributed by atoms with Gasteiger partial charge in [0.2, 0.25) is 0 Å². The minimum absolute atomic E-state index is 0.000402. The third-order valence-electron chi connectivity index (χ3n) is 7.96. The monoisotopic (exact) mass is 456 g/mol. The molecule has 1 amide bonds. The number of fused-ring (bicyclic) bond motifs is 2. The van der Waals surface area contributed by atoms with Crippen molar-refractivity contribution in [3.05, 3.63) is 64.3 Å². The van der Waals surface area contributed by atoms with Crippen LogP contribution in [0.3, 0.4) is 0 Å². The van der Waals surface area contributed by atoms with Crippen LogP contribution in [0, 0.1) is 0 Å². The Morgan fingerprint density at radius 1 is 1.24 bits per heavy atom. The molecule has 2 N–H and O–H groups in total. The van der Waals surface area contributed by atoms with Crippen LogP contribution in [0.2, 0.25) is 0 Å². The summed E-state index contributed by atoms with van der Waals surface area (Å²) in [5, 5.41) is 20.5. The SMILES string of the molecule is CCC1(c2cccc(-c3cnn4c3CCCC4)c2)C2=C(CC(C)(C)NC2=O)NC2N=NC(C)=C21. The van der Waals surface area contributed by atoms with E-state index < -0.39 is 5.41 Å². The summed E-state index contributed by atoms with van der Waals surface area (Å²) in [6.45, 7) is 9.32. The lowest BCUT2D eigenvalue weighted by molar-refractivity contribution is -0.120. The van der Waals surface area contributed by atoms with Gasteiger partial charge in [0.1, 0.15) is 0 Å². The smallest absolute Gasteiger partial charge is 0.250 e. The first-order valence-electron chi connectivity index (χ1n) is 12.4. The third kappa shape index (κ3) is 2.95. The van der Waals surface area contributed by atoms with Crippen LogP contribution in [0.1, 0.15) is 64.6 Å². The van der Waals surface area contributed by atoms with E-state index in [9.17, 15) is 4.79 Å². The van der Waals surface area contributed by atoms with Gasteiger partial charge in [-0.3, -0.25) is 9.48 Å². The number of amides is 1. The van der Waals surface area contributed by atoms with E-state index in [1.54, 1.807) is 0 Å². The van der Waals surface area contributed by atoms with Gasteiger partial charge in [-0.05, 0) is 63.6 Å². The summed E-state index contributed by atoms with van der Waals surface area (Å²) < 4.78 is 2.15. The van der Waals surface area contributed by atoms with E-state index in [1.165, 1.54) is 24.1 Å². The number of aromatic nitrogens is 2. The Hall–Kier alpha value is -3.22. The molecule has 4 aliphatic heterocycles. The van der Waals surface area contributed by atoms with Crippen molar-refractivity contribution in [2.75, 3.05) is 0 Å². The van der Waals surface area contributed by atoms with E-state index in [1.807, 2.05) is 13.1 Å². The number of allylic oxidation sites excluding steroid dienone is 1. The molecule has 7 nitrogen and oxygen atoms in total. The fraction of sp³-hybridized carbons (Fsp3) is 0.481. The second-order valence-corrected chi connectivity index (χ2v) is 10.7. The molecule has 1 aromatic heterocycles. The largest absolute Gasteiger partial charge is 0.362 e. The number of aryl methyl sites for hydroxylation is 1. The summed E-state index contributed by atoms with van der Waals surface area (Å²) in [6, 6.07) is 8.73. The molecule has 0 spiro atoms. The van der Waals surface area contributed by atoms with Crippen molar-refractivity contribution in [1.82, 2.24) is 20.4 Å². The van der Waals surface area contributed by atoms with Crippen molar-refractivity contribution in [3.63, 3.8) is 0 Å². The van der Waals surface area contributed by atoms with Gasteiger partial charge in [0.25, 0.3) is 5.91 Å². The second-order valence-electron chi connectivity index (χ2n) is 10.7. The zero-order chi connectivity index (χ0) is 23.7. The number of carbonyl (C=O) groups is 1. The average Bonchev–Trinajstić information content (AvgIpc) is 3.41. The van der Waals surface area contributed by atoms with Gasteiger partial charge in [-0.25, -0.2) is 0 Å². The lowest BCUT2D eigenvalue weighted by Gasteiger charge is -2.48. The van der Waals surface area contributed by atoms with Crippen LogP contribution in [0.4, 0.5) is 0 Å². The second kappa shape index (κ2) is 7.39. The fourth-order valence-electron chi connectivity index (χ4n) is 6.54. The highest BCUT2D eigenvalue weighted by Gasteiger charge is 2.54. The number of hydrogen-bond acceptors (Lipinski definition) is 5. The van der Waals surface area contributed by atoms with Crippen LogP contribution in [0.15, 0.2) is 63.2 Å².